The minimum atomic E-state index is 0.441. The number of nitrogens with zero attached hydrogens (tertiary/aromatic N) is 2. The third-order valence-electron chi connectivity index (χ3n) is 2.29. The van der Waals surface area contributed by atoms with Crippen LogP contribution in [0.4, 0.5) is 5.69 Å². The fourth-order valence-corrected chi connectivity index (χ4v) is 1.82. The van der Waals surface area contributed by atoms with Gasteiger partial charge in [0, 0.05) is 15.7 Å². The normalized spacial score (nSPS) is 10.6. The van der Waals surface area contributed by atoms with Gasteiger partial charge in [-0.2, -0.15) is 4.98 Å². The first-order chi connectivity index (χ1) is 8.06. The van der Waals surface area contributed by atoms with E-state index in [2.05, 4.69) is 15.5 Å². The van der Waals surface area contributed by atoms with Gasteiger partial charge in [0.25, 0.3) is 0 Å². The van der Waals surface area contributed by atoms with E-state index in [1.165, 1.54) is 0 Å². The average Bonchev–Trinajstić information content (AvgIpc) is 2.69. The van der Waals surface area contributed by atoms with Crippen LogP contribution in [0, 0.1) is 13.8 Å². The van der Waals surface area contributed by atoms with Gasteiger partial charge in [-0.05, 0) is 31.5 Å². The van der Waals surface area contributed by atoms with Crippen molar-refractivity contribution in [2.45, 2.75) is 20.4 Å². The maximum atomic E-state index is 6.03. The molecule has 0 saturated carbocycles. The van der Waals surface area contributed by atoms with E-state index in [0.717, 1.165) is 11.3 Å². The molecule has 0 atom stereocenters. The van der Waals surface area contributed by atoms with Gasteiger partial charge in [-0.3, -0.25) is 0 Å². The third kappa shape index (κ3) is 2.90. The molecule has 0 bridgehead atoms. The maximum absolute atomic E-state index is 6.03. The fourth-order valence-electron chi connectivity index (χ4n) is 1.34. The van der Waals surface area contributed by atoms with Gasteiger partial charge < -0.3 is 9.84 Å². The molecule has 0 aliphatic rings. The average molecular weight is 272 g/mol. The molecule has 4 nitrogen and oxygen atoms in total. The summed E-state index contributed by atoms with van der Waals surface area (Å²) < 4.78 is 4.98. The van der Waals surface area contributed by atoms with Crippen LogP contribution in [0.25, 0.3) is 0 Å². The molecule has 0 aliphatic heterocycles. The fraction of sp³-hybridized carbons (Fsp3) is 0.273. The van der Waals surface area contributed by atoms with E-state index in [4.69, 9.17) is 27.7 Å². The van der Waals surface area contributed by atoms with E-state index in [1.54, 1.807) is 6.92 Å². The molecule has 0 spiro atoms. The molecule has 1 heterocycles. The Morgan fingerprint density at radius 1 is 1.24 bits per heavy atom. The lowest BCUT2D eigenvalue weighted by Gasteiger charge is -2.07. The molecule has 0 aliphatic carbocycles. The number of anilines is 1. The largest absolute Gasteiger partial charge is 0.376 e. The zero-order chi connectivity index (χ0) is 12.4. The van der Waals surface area contributed by atoms with Crippen molar-refractivity contribution in [2.24, 2.45) is 0 Å². The quantitative estimate of drug-likeness (QED) is 0.927. The molecule has 17 heavy (non-hydrogen) atoms. The van der Waals surface area contributed by atoms with Crippen molar-refractivity contribution < 1.29 is 4.52 Å². The maximum Gasteiger partial charge on any atom is 0.245 e. The Labute approximate surface area is 109 Å². The first-order valence-electron chi connectivity index (χ1n) is 5.05. The highest BCUT2D eigenvalue weighted by Crippen LogP contribution is 2.28. The van der Waals surface area contributed by atoms with Crippen molar-refractivity contribution in [1.29, 1.82) is 0 Å². The van der Waals surface area contributed by atoms with E-state index in [0.29, 0.717) is 28.3 Å². The number of hydrogen-bond donors (Lipinski definition) is 1. The Bertz CT molecular complexity index is 516. The lowest BCUT2D eigenvalue weighted by molar-refractivity contribution is 0.379. The second-order valence-electron chi connectivity index (χ2n) is 3.65. The van der Waals surface area contributed by atoms with Crippen LogP contribution < -0.4 is 5.32 Å². The van der Waals surface area contributed by atoms with E-state index in [1.807, 2.05) is 19.1 Å². The Hall–Kier alpha value is -1.26. The molecule has 0 unspecified atom stereocenters. The molecule has 0 radical (unpaired) electrons. The van der Waals surface area contributed by atoms with Crippen LogP contribution in [-0.2, 0) is 6.54 Å². The number of halogens is 2. The molecule has 1 aromatic carbocycles. The lowest BCUT2D eigenvalue weighted by atomic mass is 10.2. The molecule has 2 rings (SSSR count). The van der Waals surface area contributed by atoms with Gasteiger partial charge in [0.1, 0.15) is 0 Å². The smallest absolute Gasteiger partial charge is 0.245 e. The van der Waals surface area contributed by atoms with Crippen LogP contribution in [0.3, 0.4) is 0 Å². The summed E-state index contributed by atoms with van der Waals surface area (Å²) in [7, 11) is 0. The number of rotatable bonds is 3. The van der Waals surface area contributed by atoms with Gasteiger partial charge in [-0.1, -0.05) is 28.4 Å². The summed E-state index contributed by atoms with van der Waals surface area (Å²) in [6, 6.07) is 3.62. The van der Waals surface area contributed by atoms with Crippen molar-refractivity contribution in [3.63, 3.8) is 0 Å². The van der Waals surface area contributed by atoms with Crippen LogP contribution >= 0.6 is 23.2 Å². The van der Waals surface area contributed by atoms with E-state index < -0.39 is 0 Å². The summed E-state index contributed by atoms with van der Waals surface area (Å²) in [6.07, 6.45) is 0. The zero-order valence-corrected chi connectivity index (χ0v) is 10.9. The molecule has 1 aromatic heterocycles. The molecule has 2 aromatic rings. The number of hydrogen-bond acceptors (Lipinski definition) is 4. The van der Waals surface area contributed by atoms with Crippen LogP contribution in [0.5, 0.6) is 0 Å². The number of benzene rings is 1. The van der Waals surface area contributed by atoms with Crippen molar-refractivity contribution in [2.75, 3.05) is 5.32 Å². The first-order valence-corrected chi connectivity index (χ1v) is 5.80. The van der Waals surface area contributed by atoms with Crippen molar-refractivity contribution in [1.82, 2.24) is 10.1 Å². The van der Waals surface area contributed by atoms with E-state index in [-0.39, 0.29) is 0 Å². The number of nitrogens with one attached hydrogen (secondary N) is 1. The lowest BCUT2D eigenvalue weighted by Crippen LogP contribution is -2.00. The van der Waals surface area contributed by atoms with Crippen molar-refractivity contribution in [3.8, 4) is 0 Å². The first kappa shape index (κ1) is 12.2. The number of aromatic nitrogens is 2. The third-order valence-corrected chi connectivity index (χ3v) is 3.08. The standard InChI is InChI=1S/C11H11Cl2N3O/c1-6-9(12)3-8(4-10(6)13)14-5-11-15-7(2)16-17-11/h3-4,14H,5H2,1-2H3. The summed E-state index contributed by atoms with van der Waals surface area (Å²) in [5, 5.41) is 8.07. The topological polar surface area (TPSA) is 51.0 Å². The summed E-state index contributed by atoms with van der Waals surface area (Å²) in [4.78, 5) is 4.08. The van der Waals surface area contributed by atoms with Gasteiger partial charge in [0.05, 0.1) is 6.54 Å². The van der Waals surface area contributed by atoms with Crippen molar-refractivity contribution >= 4 is 28.9 Å². The Morgan fingerprint density at radius 2 is 1.88 bits per heavy atom. The molecule has 0 amide bonds. The molecule has 90 valence electrons. The van der Waals surface area contributed by atoms with Gasteiger partial charge in [0.2, 0.25) is 5.89 Å². The monoisotopic (exact) mass is 271 g/mol. The molecule has 0 fully saturated rings. The molecule has 0 saturated heterocycles. The highest BCUT2D eigenvalue weighted by atomic mass is 35.5. The highest BCUT2D eigenvalue weighted by molar-refractivity contribution is 6.36. The summed E-state index contributed by atoms with van der Waals surface area (Å²) in [5.41, 5.74) is 1.69. The summed E-state index contributed by atoms with van der Waals surface area (Å²) in [6.45, 7) is 4.08. The van der Waals surface area contributed by atoms with Crippen molar-refractivity contribution in [3.05, 3.63) is 39.5 Å². The van der Waals surface area contributed by atoms with E-state index >= 15 is 0 Å². The minimum absolute atomic E-state index is 0.441. The van der Waals surface area contributed by atoms with E-state index in [9.17, 15) is 0 Å². The second kappa shape index (κ2) is 4.94. The van der Waals surface area contributed by atoms with Crippen LogP contribution in [0.15, 0.2) is 16.7 Å². The van der Waals surface area contributed by atoms with Gasteiger partial charge in [-0.15, -0.1) is 0 Å². The highest BCUT2D eigenvalue weighted by Gasteiger charge is 2.06. The SMILES string of the molecule is Cc1noc(CNc2cc(Cl)c(C)c(Cl)c2)n1. The molecule has 1 N–H and O–H groups in total. The van der Waals surface area contributed by atoms with Gasteiger partial charge in [0.15, 0.2) is 5.82 Å². The number of aryl methyl sites for hydroxylation is 1. The Kier molecular flexibility index (Phi) is 3.54. The predicted molar refractivity (Wildman–Crippen MR) is 67.6 cm³/mol. The molecular formula is C11H11Cl2N3O. The van der Waals surface area contributed by atoms with Crippen LogP contribution in [0.1, 0.15) is 17.3 Å². The Balaban J connectivity index is 2.09. The van der Waals surface area contributed by atoms with Crippen LogP contribution in [0.2, 0.25) is 10.0 Å². The molecular weight excluding hydrogens is 261 g/mol. The summed E-state index contributed by atoms with van der Waals surface area (Å²) >= 11 is 12.1. The minimum Gasteiger partial charge on any atom is -0.376 e. The Morgan fingerprint density at radius 3 is 2.41 bits per heavy atom. The summed E-state index contributed by atoms with van der Waals surface area (Å²) in [5.74, 6) is 1.14. The van der Waals surface area contributed by atoms with Gasteiger partial charge >= 0.3 is 0 Å². The predicted octanol–water partition coefficient (Wildman–Crippen LogP) is 3.61. The van der Waals surface area contributed by atoms with Crippen LogP contribution in [-0.4, -0.2) is 10.1 Å². The van der Waals surface area contributed by atoms with Gasteiger partial charge in [-0.25, -0.2) is 0 Å². The molecule has 6 heteroatoms. The second-order valence-corrected chi connectivity index (χ2v) is 4.47. The zero-order valence-electron chi connectivity index (χ0n) is 9.42.